The molecular formula is C9H15NO4. The van der Waals surface area contributed by atoms with Crippen LogP contribution in [0.2, 0.25) is 0 Å². The SMILES string of the molecule is CONC(=O)C1CC(C)CC1C(=O)O. The zero-order chi connectivity index (χ0) is 10.7. The van der Waals surface area contributed by atoms with Gasteiger partial charge in [0.2, 0.25) is 5.91 Å². The summed E-state index contributed by atoms with van der Waals surface area (Å²) < 4.78 is 0. The molecule has 0 bridgehead atoms. The average molecular weight is 201 g/mol. The molecule has 1 aliphatic carbocycles. The van der Waals surface area contributed by atoms with E-state index in [2.05, 4.69) is 10.3 Å². The van der Waals surface area contributed by atoms with Gasteiger partial charge in [-0.05, 0) is 18.8 Å². The molecule has 14 heavy (non-hydrogen) atoms. The number of hydroxylamine groups is 1. The Morgan fingerprint density at radius 2 is 1.93 bits per heavy atom. The fourth-order valence-electron chi connectivity index (χ4n) is 2.03. The van der Waals surface area contributed by atoms with Gasteiger partial charge in [-0.2, -0.15) is 0 Å². The smallest absolute Gasteiger partial charge is 0.307 e. The maximum absolute atomic E-state index is 11.4. The first-order valence-electron chi connectivity index (χ1n) is 4.62. The van der Waals surface area contributed by atoms with Crippen molar-refractivity contribution in [2.24, 2.45) is 17.8 Å². The lowest BCUT2D eigenvalue weighted by atomic mass is 9.96. The predicted octanol–water partition coefficient (Wildman–Crippen LogP) is 0.411. The van der Waals surface area contributed by atoms with Gasteiger partial charge in [0.15, 0.2) is 0 Å². The summed E-state index contributed by atoms with van der Waals surface area (Å²) in [4.78, 5) is 26.7. The van der Waals surface area contributed by atoms with E-state index in [-0.39, 0.29) is 11.8 Å². The molecule has 1 fully saturated rings. The molecule has 0 aliphatic heterocycles. The molecule has 0 aromatic heterocycles. The van der Waals surface area contributed by atoms with E-state index in [1.807, 2.05) is 6.92 Å². The highest BCUT2D eigenvalue weighted by Crippen LogP contribution is 2.36. The second kappa shape index (κ2) is 4.41. The predicted molar refractivity (Wildman–Crippen MR) is 48.2 cm³/mol. The van der Waals surface area contributed by atoms with Crippen molar-refractivity contribution in [3.05, 3.63) is 0 Å². The first-order valence-corrected chi connectivity index (χ1v) is 4.62. The summed E-state index contributed by atoms with van der Waals surface area (Å²) in [5.41, 5.74) is 2.19. The van der Waals surface area contributed by atoms with Crippen LogP contribution in [0.1, 0.15) is 19.8 Å². The second-order valence-electron chi connectivity index (χ2n) is 3.80. The summed E-state index contributed by atoms with van der Waals surface area (Å²) in [5.74, 6) is -1.97. The number of hydrogen-bond donors (Lipinski definition) is 2. The van der Waals surface area contributed by atoms with Crippen molar-refractivity contribution in [2.45, 2.75) is 19.8 Å². The van der Waals surface area contributed by atoms with Crippen molar-refractivity contribution >= 4 is 11.9 Å². The van der Waals surface area contributed by atoms with Crippen molar-refractivity contribution in [1.29, 1.82) is 0 Å². The van der Waals surface area contributed by atoms with Crippen molar-refractivity contribution in [3.8, 4) is 0 Å². The van der Waals surface area contributed by atoms with Crippen LogP contribution in [0.4, 0.5) is 0 Å². The van der Waals surface area contributed by atoms with Gasteiger partial charge in [-0.25, -0.2) is 5.48 Å². The summed E-state index contributed by atoms with van der Waals surface area (Å²) in [6.45, 7) is 1.95. The van der Waals surface area contributed by atoms with E-state index in [9.17, 15) is 9.59 Å². The summed E-state index contributed by atoms with van der Waals surface area (Å²) in [5, 5.41) is 8.90. The zero-order valence-corrected chi connectivity index (χ0v) is 8.32. The number of aliphatic carboxylic acids is 1. The van der Waals surface area contributed by atoms with Gasteiger partial charge in [0.1, 0.15) is 0 Å². The van der Waals surface area contributed by atoms with E-state index in [1.54, 1.807) is 0 Å². The minimum Gasteiger partial charge on any atom is -0.481 e. The minimum absolute atomic E-state index is 0.281. The molecule has 5 heteroatoms. The number of carbonyl (C=O) groups excluding carboxylic acids is 1. The Balaban J connectivity index is 2.66. The molecular weight excluding hydrogens is 186 g/mol. The molecule has 0 aromatic rings. The molecule has 1 rings (SSSR count). The number of carboxylic acids is 1. The third-order valence-electron chi connectivity index (χ3n) is 2.65. The molecule has 3 unspecified atom stereocenters. The van der Waals surface area contributed by atoms with Crippen molar-refractivity contribution < 1.29 is 19.5 Å². The number of hydrogen-bond acceptors (Lipinski definition) is 3. The molecule has 5 nitrogen and oxygen atoms in total. The summed E-state index contributed by atoms with van der Waals surface area (Å²) in [6, 6.07) is 0. The molecule has 3 atom stereocenters. The molecule has 0 heterocycles. The first kappa shape index (κ1) is 11.0. The maximum atomic E-state index is 11.4. The largest absolute Gasteiger partial charge is 0.481 e. The number of carboxylic acid groups (broad SMARTS) is 1. The number of rotatable bonds is 3. The number of carbonyl (C=O) groups is 2. The Morgan fingerprint density at radius 3 is 2.43 bits per heavy atom. The fourth-order valence-corrected chi connectivity index (χ4v) is 2.03. The van der Waals surface area contributed by atoms with E-state index < -0.39 is 17.8 Å². The van der Waals surface area contributed by atoms with Gasteiger partial charge in [0.25, 0.3) is 0 Å². The lowest BCUT2D eigenvalue weighted by Crippen LogP contribution is -2.34. The highest BCUT2D eigenvalue weighted by Gasteiger charge is 2.41. The van der Waals surface area contributed by atoms with E-state index in [0.29, 0.717) is 12.8 Å². The Morgan fingerprint density at radius 1 is 1.36 bits per heavy atom. The lowest BCUT2D eigenvalue weighted by Gasteiger charge is -2.13. The van der Waals surface area contributed by atoms with Crippen LogP contribution in [0, 0.1) is 17.8 Å². The van der Waals surface area contributed by atoms with Crippen molar-refractivity contribution in [1.82, 2.24) is 5.48 Å². The Hall–Kier alpha value is -1.10. The number of amides is 1. The normalized spacial score (nSPS) is 31.4. The molecule has 1 amide bonds. The monoisotopic (exact) mass is 201 g/mol. The fraction of sp³-hybridized carbons (Fsp3) is 0.778. The van der Waals surface area contributed by atoms with Gasteiger partial charge in [-0.3, -0.25) is 14.4 Å². The van der Waals surface area contributed by atoms with Crippen LogP contribution in [-0.2, 0) is 14.4 Å². The van der Waals surface area contributed by atoms with Gasteiger partial charge in [-0.15, -0.1) is 0 Å². The molecule has 0 spiro atoms. The average Bonchev–Trinajstić information content (AvgIpc) is 2.48. The summed E-state index contributed by atoms with van der Waals surface area (Å²) in [7, 11) is 1.34. The Kier molecular flexibility index (Phi) is 3.46. The van der Waals surface area contributed by atoms with Crippen molar-refractivity contribution in [3.63, 3.8) is 0 Å². The van der Waals surface area contributed by atoms with Crippen LogP contribution in [-0.4, -0.2) is 24.1 Å². The van der Waals surface area contributed by atoms with Gasteiger partial charge in [0.05, 0.1) is 18.9 Å². The van der Waals surface area contributed by atoms with Crippen LogP contribution in [0.5, 0.6) is 0 Å². The van der Waals surface area contributed by atoms with Crippen LogP contribution in [0.25, 0.3) is 0 Å². The number of nitrogens with one attached hydrogen (secondary N) is 1. The van der Waals surface area contributed by atoms with Gasteiger partial charge in [-0.1, -0.05) is 6.92 Å². The van der Waals surface area contributed by atoms with E-state index in [4.69, 9.17) is 5.11 Å². The quantitative estimate of drug-likeness (QED) is 0.648. The Bertz CT molecular complexity index is 241. The highest BCUT2D eigenvalue weighted by atomic mass is 16.6. The summed E-state index contributed by atoms with van der Waals surface area (Å²) >= 11 is 0. The van der Waals surface area contributed by atoms with E-state index >= 15 is 0 Å². The minimum atomic E-state index is -0.898. The van der Waals surface area contributed by atoms with Crippen LogP contribution < -0.4 is 5.48 Å². The zero-order valence-electron chi connectivity index (χ0n) is 8.32. The first-order chi connectivity index (χ1) is 6.56. The van der Waals surface area contributed by atoms with Gasteiger partial charge >= 0.3 is 5.97 Å². The van der Waals surface area contributed by atoms with Gasteiger partial charge < -0.3 is 5.11 Å². The maximum Gasteiger partial charge on any atom is 0.307 e. The van der Waals surface area contributed by atoms with E-state index in [0.717, 1.165) is 0 Å². The highest BCUT2D eigenvalue weighted by molar-refractivity contribution is 5.84. The molecule has 0 radical (unpaired) electrons. The molecule has 1 saturated carbocycles. The van der Waals surface area contributed by atoms with Crippen LogP contribution in [0.15, 0.2) is 0 Å². The van der Waals surface area contributed by atoms with Crippen molar-refractivity contribution in [2.75, 3.05) is 7.11 Å². The Labute approximate surface area is 82.4 Å². The molecule has 0 aromatic carbocycles. The van der Waals surface area contributed by atoms with Crippen LogP contribution >= 0.6 is 0 Å². The van der Waals surface area contributed by atoms with Crippen LogP contribution in [0.3, 0.4) is 0 Å². The molecule has 80 valence electrons. The van der Waals surface area contributed by atoms with E-state index in [1.165, 1.54) is 7.11 Å². The molecule has 1 aliphatic rings. The second-order valence-corrected chi connectivity index (χ2v) is 3.80. The van der Waals surface area contributed by atoms with Gasteiger partial charge in [0, 0.05) is 0 Å². The standard InChI is InChI=1S/C9H15NO4/c1-5-3-6(8(11)10-14-2)7(4-5)9(12)13/h5-7H,3-4H2,1-2H3,(H,10,11)(H,12,13). The lowest BCUT2D eigenvalue weighted by molar-refractivity contribution is -0.148. The molecule has 2 N–H and O–H groups in total. The molecule has 0 saturated heterocycles. The topological polar surface area (TPSA) is 75.6 Å². The summed E-state index contributed by atoms with van der Waals surface area (Å²) in [6.07, 6.45) is 1.18. The third-order valence-corrected chi connectivity index (χ3v) is 2.65. The third kappa shape index (κ3) is 2.23.